The van der Waals surface area contributed by atoms with Gasteiger partial charge in [0.05, 0.1) is 6.20 Å². The SMILES string of the molecule is CC(C)(C)c1cnn(C(F)F)c1. The van der Waals surface area contributed by atoms with E-state index in [-0.39, 0.29) is 5.41 Å². The van der Waals surface area contributed by atoms with Crippen LogP contribution in [0.25, 0.3) is 0 Å². The van der Waals surface area contributed by atoms with Crippen molar-refractivity contribution in [2.24, 2.45) is 0 Å². The molecule has 0 atom stereocenters. The molecule has 68 valence electrons. The van der Waals surface area contributed by atoms with Gasteiger partial charge in [-0.1, -0.05) is 20.8 Å². The lowest BCUT2D eigenvalue weighted by Gasteiger charge is -2.14. The normalized spacial score (nSPS) is 12.5. The van der Waals surface area contributed by atoms with E-state index in [0.717, 1.165) is 5.56 Å². The number of rotatable bonds is 1. The Morgan fingerprint density at radius 1 is 1.42 bits per heavy atom. The zero-order chi connectivity index (χ0) is 9.35. The molecule has 2 nitrogen and oxygen atoms in total. The van der Waals surface area contributed by atoms with E-state index in [0.29, 0.717) is 4.68 Å². The van der Waals surface area contributed by atoms with Gasteiger partial charge in [0.2, 0.25) is 0 Å². The largest absolute Gasteiger partial charge is 0.333 e. The van der Waals surface area contributed by atoms with Gasteiger partial charge in [-0.15, -0.1) is 0 Å². The van der Waals surface area contributed by atoms with Gasteiger partial charge < -0.3 is 0 Å². The first-order valence-electron chi connectivity index (χ1n) is 3.74. The van der Waals surface area contributed by atoms with Crippen molar-refractivity contribution in [3.05, 3.63) is 18.0 Å². The van der Waals surface area contributed by atoms with Crippen molar-refractivity contribution in [3.8, 4) is 0 Å². The first-order valence-corrected chi connectivity index (χ1v) is 3.74. The zero-order valence-corrected chi connectivity index (χ0v) is 7.38. The number of halogens is 2. The first kappa shape index (κ1) is 9.16. The van der Waals surface area contributed by atoms with E-state index in [1.165, 1.54) is 12.4 Å². The maximum Gasteiger partial charge on any atom is 0.333 e. The summed E-state index contributed by atoms with van der Waals surface area (Å²) in [4.78, 5) is 0. The van der Waals surface area contributed by atoms with Crippen molar-refractivity contribution in [2.75, 3.05) is 0 Å². The van der Waals surface area contributed by atoms with Gasteiger partial charge in [-0.05, 0) is 11.0 Å². The number of nitrogens with zero attached hydrogens (tertiary/aromatic N) is 2. The van der Waals surface area contributed by atoms with E-state index in [1.807, 2.05) is 20.8 Å². The average molecular weight is 174 g/mol. The molecule has 0 radical (unpaired) electrons. The molecule has 0 aliphatic heterocycles. The highest BCUT2D eigenvalue weighted by atomic mass is 19.3. The van der Waals surface area contributed by atoms with Crippen LogP contribution < -0.4 is 0 Å². The lowest BCUT2D eigenvalue weighted by molar-refractivity contribution is 0.0564. The molecule has 0 amide bonds. The second kappa shape index (κ2) is 2.84. The van der Waals surface area contributed by atoms with Gasteiger partial charge in [0.15, 0.2) is 0 Å². The second-order valence-electron chi connectivity index (χ2n) is 3.74. The monoisotopic (exact) mass is 174 g/mol. The van der Waals surface area contributed by atoms with Gasteiger partial charge in [-0.3, -0.25) is 0 Å². The standard InChI is InChI=1S/C8H12F2N2/c1-8(2,3)6-4-11-12(5-6)7(9)10/h4-5,7H,1-3H3. The van der Waals surface area contributed by atoms with E-state index >= 15 is 0 Å². The van der Waals surface area contributed by atoms with Crippen molar-refractivity contribution >= 4 is 0 Å². The van der Waals surface area contributed by atoms with E-state index < -0.39 is 6.55 Å². The lowest BCUT2D eigenvalue weighted by Crippen LogP contribution is -2.09. The summed E-state index contributed by atoms with van der Waals surface area (Å²) in [6.07, 6.45) is 2.86. The Bertz CT molecular complexity index is 260. The quantitative estimate of drug-likeness (QED) is 0.639. The van der Waals surface area contributed by atoms with Gasteiger partial charge in [-0.25, -0.2) is 4.68 Å². The molecular weight excluding hydrogens is 162 g/mol. The minimum atomic E-state index is -2.54. The Labute approximate surface area is 70.2 Å². The van der Waals surface area contributed by atoms with Crippen molar-refractivity contribution in [3.63, 3.8) is 0 Å². The first-order chi connectivity index (χ1) is 5.41. The number of hydrogen-bond donors (Lipinski definition) is 0. The molecule has 0 aliphatic rings. The molecule has 0 unspecified atom stereocenters. The van der Waals surface area contributed by atoms with Crippen LogP contribution >= 0.6 is 0 Å². The van der Waals surface area contributed by atoms with Crippen LogP contribution in [0.1, 0.15) is 32.9 Å². The summed E-state index contributed by atoms with van der Waals surface area (Å²) in [5.74, 6) is 0. The van der Waals surface area contributed by atoms with Crippen LogP contribution in [0.15, 0.2) is 12.4 Å². The number of aromatic nitrogens is 2. The fourth-order valence-electron chi connectivity index (χ4n) is 0.832. The summed E-state index contributed by atoms with van der Waals surface area (Å²) in [5, 5.41) is 3.55. The molecule has 0 aromatic carbocycles. The molecule has 0 N–H and O–H groups in total. The van der Waals surface area contributed by atoms with Crippen molar-refractivity contribution in [2.45, 2.75) is 32.7 Å². The molecule has 1 aromatic rings. The van der Waals surface area contributed by atoms with Crippen LogP contribution in [0, 0.1) is 0 Å². The Kier molecular flexibility index (Phi) is 2.17. The van der Waals surface area contributed by atoms with Gasteiger partial charge >= 0.3 is 6.55 Å². The summed E-state index contributed by atoms with van der Waals surface area (Å²) in [5.41, 5.74) is 0.704. The summed E-state index contributed by atoms with van der Waals surface area (Å²) in [7, 11) is 0. The molecular formula is C8H12F2N2. The van der Waals surface area contributed by atoms with Crippen LogP contribution in [0.3, 0.4) is 0 Å². The Morgan fingerprint density at radius 2 is 2.00 bits per heavy atom. The summed E-state index contributed by atoms with van der Waals surface area (Å²) in [6.45, 7) is 3.33. The Hall–Kier alpha value is -0.930. The maximum absolute atomic E-state index is 12.1. The molecule has 4 heteroatoms. The minimum Gasteiger partial charge on any atom is -0.211 e. The van der Waals surface area contributed by atoms with Crippen molar-refractivity contribution in [1.29, 1.82) is 0 Å². The predicted octanol–water partition coefficient (Wildman–Crippen LogP) is 2.58. The molecule has 0 fully saturated rings. The fourth-order valence-corrected chi connectivity index (χ4v) is 0.832. The summed E-state index contributed by atoms with van der Waals surface area (Å²) < 4.78 is 24.8. The summed E-state index contributed by atoms with van der Waals surface area (Å²) in [6, 6.07) is 0. The van der Waals surface area contributed by atoms with E-state index in [2.05, 4.69) is 5.10 Å². The molecule has 1 heterocycles. The molecule has 0 saturated heterocycles. The van der Waals surface area contributed by atoms with E-state index in [4.69, 9.17) is 0 Å². The maximum atomic E-state index is 12.1. The highest BCUT2D eigenvalue weighted by Gasteiger charge is 2.17. The van der Waals surface area contributed by atoms with Gasteiger partial charge in [0.25, 0.3) is 0 Å². The van der Waals surface area contributed by atoms with Crippen molar-refractivity contribution < 1.29 is 8.78 Å². The van der Waals surface area contributed by atoms with Gasteiger partial charge in [-0.2, -0.15) is 13.9 Å². The topological polar surface area (TPSA) is 17.8 Å². The van der Waals surface area contributed by atoms with Crippen LogP contribution in [0.2, 0.25) is 0 Å². The van der Waals surface area contributed by atoms with Crippen molar-refractivity contribution in [1.82, 2.24) is 9.78 Å². The average Bonchev–Trinajstić information content (AvgIpc) is 2.30. The predicted molar refractivity (Wildman–Crippen MR) is 42.2 cm³/mol. The molecule has 0 saturated carbocycles. The second-order valence-corrected chi connectivity index (χ2v) is 3.74. The van der Waals surface area contributed by atoms with E-state index in [1.54, 1.807) is 0 Å². The number of hydrogen-bond acceptors (Lipinski definition) is 1. The van der Waals surface area contributed by atoms with Crippen LogP contribution in [-0.4, -0.2) is 9.78 Å². The third-order valence-corrected chi connectivity index (χ3v) is 1.67. The highest BCUT2D eigenvalue weighted by molar-refractivity contribution is 5.14. The lowest BCUT2D eigenvalue weighted by atomic mass is 9.90. The molecule has 12 heavy (non-hydrogen) atoms. The van der Waals surface area contributed by atoms with Gasteiger partial charge in [0.1, 0.15) is 0 Å². The smallest absolute Gasteiger partial charge is 0.211 e. The van der Waals surface area contributed by atoms with Crippen LogP contribution in [-0.2, 0) is 5.41 Å². The zero-order valence-electron chi connectivity index (χ0n) is 7.38. The Morgan fingerprint density at radius 3 is 2.25 bits per heavy atom. The molecule has 0 aliphatic carbocycles. The van der Waals surface area contributed by atoms with Gasteiger partial charge in [0, 0.05) is 6.20 Å². The summed E-state index contributed by atoms with van der Waals surface area (Å²) >= 11 is 0. The highest BCUT2D eigenvalue weighted by Crippen LogP contribution is 2.22. The Balaban J connectivity index is 2.92. The number of alkyl halides is 2. The third-order valence-electron chi connectivity index (χ3n) is 1.67. The molecule has 0 bridgehead atoms. The molecule has 1 aromatic heterocycles. The van der Waals surface area contributed by atoms with Crippen LogP contribution in [0.5, 0.6) is 0 Å². The fraction of sp³-hybridized carbons (Fsp3) is 0.625. The van der Waals surface area contributed by atoms with Crippen LogP contribution in [0.4, 0.5) is 8.78 Å². The molecule has 0 spiro atoms. The molecule has 1 rings (SSSR count). The van der Waals surface area contributed by atoms with E-state index in [9.17, 15) is 8.78 Å². The third kappa shape index (κ3) is 1.81. The minimum absolute atomic E-state index is 0.118.